The molecule has 2 aliphatic rings. The predicted octanol–water partition coefficient (Wildman–Crippen LogP) is 0.386. The molecule has 0 spiro atoms. The van der Waals surface area contributed by atoms with Gasteiger partial charge in [0.2, 0.25) is 0 Å². The highest BCUT2D eigenvalue weighted by Gasteiger charge is 2.67. The number of fused-ring (bicyclic) bond motifs is 1. The van der Waals surface area contributed by atoms with E-state index in [1.54, 1.807) is 12.1 Å². The first-order chi connectivity index (χ1) is 16.6. The molecule has 188 valence electrons. The van der Waals surface area contributed by atoms with Gasteiger partial charge in [0.05, 0.1) is 17.5 Å². The Labute approximate surface area is 202 Å². The summed E-state index contributed by atoms with van der Waals surface area (Å²) in [6.07, 6.45) is 0.259. The Bertz CT molecular complexity index is 1090. The number of aliphatic hydroxyl groups is 1. The number of nitrogens with zero attached hydrogens (tertiary/aromatic N) is 1. The maximum atomic E-state index is 13.0. The zero-order valence-electron chi connectivity index (χ0n) is 19.9. The fraction of sp³-hybridized carbons (Fsp3) is 0.417. The second-order valence-electron chi connectivity index (χ2n) is 8.48. The van der Waals surface area contributed by atoms with Crippen LogP contribution in [0.4, 0.5) is 4.79 Å². The number of urea groups is 1. The van der Waals surface area contributed by atoms with Gasteiger partial charge in [0.15, 0.2) is 0 Å². The Kier molecular flexibility index (Phi) is 7.61. The molecule has 0 radical (unpaired) electrons. The molecular weight excluding hydrogens is 456 g/mol. The van der Waals surface area contributed by atoms with Crippen LogP contribution in [0.25, 0.3) is 5.57 Å². The van der Waals surface area contributed by atoms with Crippen LogP contribution in [-0.4, -0.2) is 65.4 Å². The Morgan fingerprint density at radius 2 is 2.09 bits per heavy atom. The summed E-state index contributed by atoms with van der Waals surface area (Å²) in [4.78, 5) is 49.7. The zero-order chi connectivity index (χ0) is 25.9. The zero-order valence-corrected chi connectivity index (χ0v) is 19.9. The summed E-state index contributed by atoms with van der Waals surface area (Å²) in [5.41, 5.74) is 7.22. The van der Waals surface area contributed by atoms with Crippen molar-refractivity contribution in [2.75, 3.05) is 13.7 Å². The van der Waals surface area contributed by atoms with E-state index in [0.29, 0.717) is 11.1 Å². The number of carbonyl (C=O) groups is 4. The summed E-state index contributed by atoms with van der Waals surface area (Å²) in [5, 5.41) is 16.2. The molecule has 3 rings (SSSR count). The molecule has 1 saturated heterocycles. The number of hydrogen-bond acceptors (Lipinski definition) is 9. The number of ether oxygens (including phenoxy) is 2. The lowest BCUT2D eigenvalue weighted by Crippen LogP contribution is -2.82. The number of rotatable bonds is 8. The highest BCUT2D eigenvalue weighted by atomic mass is 16.6. The lowest BCUT2D eigenvalue weighted by molar-refractivity contribution is -0.198. The van der Waals surface area contributed by atoms with Crippen molar-refractivity contribution >= 4 is 29.5 Å². The van der Waals surface area contributed by atoms with Crippen molar-refractivity contribution in [1.29, 1.82) is 0 Å². The van der Waals surface area contributed by atoms with E-state index in [4.69, 9.17) is 15.2 Å². The second-order valence-corrected chi connectivity index (χ2v) is 8.48. The fourth-order valence-electron chi connectivity index (χ4n) is 4.51. The monoisotopic (exact) mass is 486 g/mol. The van der Waals surface area contributed by atoms with Crippen molar-refractivity contribution in [3.8, 4) is 0 Å². The van der Waals surface area contributed by atoms with Crippen molar-refractivity contribution in [3.05, 3.63) is 53.7 Å². The number of hydrogen-bond donors (Lipinski definition) is 4. The van der Waals surface area contributed by atoms with Gasteiger partial charge in [-0.05, 0) is 36.1 Å². The molecule has 0 bridgehead atoms. The molecule has 5 N–H and O–H groups in total. The standard InChI is InChI=1S/C24H30N4O7/c1-5-9-34-21(31)19-17(16-8-6-7-15(10-16)12-27-23(33)26-4)11-18-24(25,22(32)28(18)19)13(2)20(30)35-14(3)29/h5-8,10,13,18,22,32H,1,9,11-12,25H2,2-4H3,(H2,26,27,33). The summed E-state index contributed by atoms with van der Waals surface area (Å²) in [7, 11) is 1.51. The largest absolute Gasteiger partial charge is 0.457 e. The summed E-state index contributed by atoms with van der Waals surface area (Å²) in [5.74, 6) is -3.34. The number of benzene rings is 1. The van der Waals surface area contributed by atoms with Crippen LogP contribution in [0.3, 0.4) is 0 Å². The molecule has 2 heterocycles. The SMILES string of the molecule is C=CCOC(=O)C1=C(c2cccc(CNC(=O)NC)c2)CC2N1C(O)C2(N)C(C)C(=O)OC(C)=O. The first-order valence-electron chi connectivity index (χ1n) is 11.1. The predicted molar refractivity (Wildman–Crippen MR) is 125 cm³/mol. The van der Waals surface area contributed by atoms with Crippen LogP contribution < -0.4 is 16.4 Å². The first-order valence-corrected chi connectivity index (χ1v) is 11.1. The minimum absolute atomic E-state index is 0.0323. The highest BCUT2D eigenvalue weighted by molar-refractivity contribution is 5.99. The number of aliphatic hydroxyl groups excluding tert-OH is 1. The van der Waals surface area contributed by atoms with Gasteiger partial charge >= 0.3 is 23.9 Å². The van der Waals surface area contributed by atoms with Crippen LogP contribution in [0.15, 0.2) is 42.6 Å². The Hall–Kier alpha value is -3.70. The number of nitrogens with two attached hydrogens (primary N) is 1. The van der Waals surface area contributed by atoms with E-state index in [1.807, 2.05) is 12.1 Å². The Morgan fingerprint density at radius 3 is 2.71 bits per heavy atom. The van der Waals surface area contributed by atoms with Gasteiger partial charge in [-0.15, -0.1) is 0 Å². The smallest absolute Gasteiger partial charge is 0.355 e. The molecule has 1 aromatic rings. The van der Waals surface area contributed by atoms with Crippen molar-refractivity contribution < 1.29 is 33.8 Å². The second kappa shape index (κ2) is 10.3. The van der Waals surface area contributed by atoms with E-state index in [2.05, 4.69) is 17.2 Å². The van der Waals surface area contributed by atoms with E-state index in [9.17, 15) is 24.3 Å². The van der Waals surface area contributed by atoms with Gasteiger partial charge in [-0.3, -0.25) is 9.59 Å². The number of nitrogens with one attached hydrogen (secondary N) is 2. The summed E-state index contributed by atoms with van der Waals surface area (Å²) in [6, 6.07) is 6.25. The summed E-state index contributed by atoms with van der Waals surface area (Å²) >= 11 is 0. The molecule has 0 aliphatic carbocycles. The molecular formula is C24H30N4O7. The third kappa shape index (κ3) is 4.77. The van der Waals surface area contributed by atoms with E-state index in [-0.39, 0.29) is 31.3 Å². The van der Waals surface area contributed by atoms with Crippen molar-refractivity contribution in [2.24, 2.45) is 11.7 Å². The van der Waals surface area contributed by atoms with Gasteiger partial charge in [-0.2, -0.15) is 0 Å². The average Bonchev–Trinajstić information content (AvgIpc) is 3.22. The molecule has 0 saturated carbocycles. The molecule has 1 aromatic carbocycles. The van der Waals surface area contributed by atoms with Gasteiger partial charge in [0.25, 0.3) is 0 Å². The van der Waals surface area contributed by atoms with Crippen LogP contribution in [0.5, 0.6) is 0 Å². The van der Waals surface area contributed by atoms with Crippen LogP contribution in [-0.2, 0) is 30.4 Å². The maximum absolute atomic E-state index is 13.0. The highest BCUT2D eigenvalue weighted by Crippen LogP contribution is 2.52. The molecule has 0 aromatic heterocycles. The van der Waals surface area contributed by atoms with Gasteiger partial charge < -0.3 is 35.8 Å². The van der Waals surface area contributed by atoms with Gasteiger partial charge in [0, 0.05) is 20.5 Å². The molecule has 1 fully saturated rings. The Morgan fingerprint density at radius 1 is 1.37 bits per heavy atom. The fourth-order valence-corrected chi connectivity index (χ4v) is 4.51. The third-order valence-corrected chi connectivity index (χ3v) is 6.39. The van der Waals surface area contributed by atoms with Crippen LogP contribution in [0, 0.1) is 5.92 Å². The van der Waals surface area contributed by atoms with E-state index >= 15 is 0 Å². The molecule has 35 heavy (non-hydrogen) atoms. The van der Waals surface area contributed by atoms with E-state index < -0.39 is 41.6 Å². The van der Waals surface area contributed by atoms with Crippen molar-refractivity contribution in [3.63, 3.8) is 0 Å². The minimum atomic E-state index is -1.48. The van der Waals surface area contributed by atoms with E-state index in [1.165, 1.54) is 24.9 Å². The number of amides is 2. The maximum Gasteiger partial charge on any atom is 0.355 e. The molecule has 11 nitrogen and oxygen atoms in total. The lowest BCUT2D eigenvalue weighted by atomic mass is 9.69. The lowest BCUT2D eigenvalue weighted by Gasteiger charge is -2.59. The van der Waals surface area contributed by atoms with Crippen LogP contribution >= 0.6 is 0 Å². The van der Waals surface area contributed by atoms with Crippen LogP contribution in [0.1, 0.15) is 31.4 Å². The molecule has 2 amide bonds. The average molecular weight is 487 g/mol. The molecule has 2 aliphatic heterocycles. The third-order valence-electron chi connectivity index (χ3n) is 6.39. The van der Waals surface area contributed by atoms with E-state index in [0.717, 1.165) is 12.5 Å². The molecule has 4 atom stereocenters. The quantitative estimate of drug-likeness (QED) is 0.231. The van der Waals surface area contributed by atoms with Crippen LogP contribution in [0.2, 0.25) is 0 Å². The van der Waals surface area contributed by atoms with Crippen molar-refractivity contribution in [1.82, 2.24) is 15.5 Å². The molecule has 4 unspecified atom stereocenters. The van der Waals surface area contributed by atoms with Gasteiger partial charge in [-0.25, -0.2) is 9.59 Å². The topological polar surface area (TPSA) is 160 Å². The van der Waals surface area contributed by atoms with Gasteiger partial charge in [-0.1, -0.05) is 30.9 Å². The summed E-state index contributed by atoms with van der Waals surface area (Å²) < 4.78 is 9.97. The Balaban J connectivity index is 1.96. The number of esters is 3. The molecule has 11 heteroatoms. The first kappa shape index (κ1) is 25.9. The van der Waals surface area contributed by atoms with Gasteiger partial charge in [0.1, 0.15) is 18.5 Å². The normalized spacial score (nSPS) is 23.5. The van der Waals surface area contributed by atoms with Crippen molar-refractivity contribution in [2.45, 2.75) is 44.6 Å². The number of carbonyl (C=O) groups excluding carboxylic acids is 4. The summed E-state index contributed by atoms with van der Waals surface area (Å²) in [6.45, 7) is 6.35. The minimum Gasteiger partial charge on any atom is -0.457 e.